The second kappa shape index (κ2) is 7.43. The molecule has 80 valence electrons. The second-order valence-electron chi connectivity index (χ2n) is 3.49. The summed E-state index contributed by atoms with van der Waals surface area (Å²) in [5, 5.41) is 0. The molecule has 0 atom stereocenters. The Bertz CT molecular complexity index is 344. The van der Waals surface area contributed by atoms with Crippen molar-refractivity contribution in [2.24, 2.45) is 0 Å². The van der Waals surface area contributed by atoms with Gasteiger partial charge in [-0.05, 0) is 30.9 Å². The normalized spacial score (nSPS) is 9.47. The van der Waals surface area contributed by atoms with Crippen LogP contribution in [0.1, 0.15) is 38.2 Å². The minimum absolute atomic E-state index is 1.03. The zero-order chi connectivity index (χ0) is 10.9. The molecule has 1 aromatic rings. The fraction of sp³-hybridized carbons (Fsp3) is 0.429. The van der Waals surface area contributed by atoms with Crippen molar-refractivity contribution in [1.82, 2.24) is 0 Å². The quantitative estimate of drug-likeness (QED) is 0.411. The third-order valence-corrected chi connectivity index (χ3v) is 2.93. The molecule has 0 unspecified atom stereocenters. The summed E-state index contributed by atoms with van der Waals surface area (Å²) in [5.74, 6) is 6.44. The third-order valence-electron chi connectivity index (χ3n) is 2.21. The number of hydrogen-bond donors (Lipinski definition) is 0. The summed E-state index contributed by atoms with van der Waals surface area (Å²) in [4.78, 5) is 1.29. The van der Waals surface area contributed by atoms with Gasteiger partial charge in [0.2, 0.25) is 0 Å². The van der Waals surface area contributed by atoms with Crippen LogP contribution in [-0.4, -0.2) is 6.26 Å². The van der Waals surface area contributed by atoms with E-state index in [9.17, 15) is 0 Å². The molecule has 0 bridgehead atoms. The first-order chi connectivity index (χ1) is 7.36. The van der Waals surface area contributed by atoms with Crippen LogP contribution >= 0.6 is 11.8 Å². The number of unbranched alkanes of at least 4 members (excludes halogenated alkanes) is 3. The lowest BCUT2D eigenvalue weighted by Gasteiger charge is -1.95. The molecule has 0 saturated heterocycles. The third kappa shape index (κ3) is 4.95. The molecule has 0 radical (unpaired) electrons. The Labute approximate surface area is 97.5 Å². The molecule has 1 rings (SSSR count). The summed E-state index contributed by atoms with van der Waals surface area (Å²) in [6.07, 6.45) is 6.90. The van der Waals surface area contributed by atoms with Crippen LogP contribution in [0.15, 0.2) is 29.2 Å². The van der Waals surface area contributed by atoms with Crippen LogP contribution in [0, 0.1) is 11.8 Å². The van der Waals surface area contributed by atoms with Gasteiger partial charge in [-0.3, -0.25) is 0 Å². The van der Waals surface area contributed by atoms with Crippen molar-refractivity contribution < 1.29 is 0 Å². The summed E-state index contributed by atoms with van der Waals surface area (Å²) >= 11 is 1.76. The Morgan fingerprint density at radius 2 is 2.13 bits per heavy atom. The molecule has 0 aliphatic carbocycles. The Morgan fingerprint density at radius 3 is 2.87 bits per heavy atom. The van der Waals surface area contributed by atoms with Crippen LogP contribution in [-0.2, 0) is 0 Å². The lowest BCUT2D eigenvalue weighted by molar-refractivity contribution is 0.737. The highest BCUT2D eigenvalue weighted by Gasteiger charge is 1.90. The maximum Gasteiger partial charge on any atom is 0.0256 e. The number of rotatable bonds is 4. The molecule has 0 amide bonds. The predicted octanol–water partition coefficient (Wildman–Crippen LogP) is 4.34. The lowest BCUT2D eigenvalue weighted by atomic mass is 10.2. The maximum atomic E-state index is 3.23. The highest BCUT2D eigenvalue weighted by atomic mass is 32.2. The summed E-state index contributed by atoms with van der Waals surface area (Å²) in [5.41, 5.74) is 1.14. The molecule has 0 fully saturated rings. The van der Waals surface area contributed by atoms with Crippen molar-refractivity contribution >= 4 is 11.8 Å². The average Bonchev–Trinajstić information content (AvgIpc) is 2.29. The molecule has 0 aromatic heterocycles. The van der Waals surface area contributed by atoms with Crippen LogP contribution in [0.4, 0.5) is 0 Å². The second-order valence-corrected chi connectivity index (χ2v) is 4.37. The van der Waals surface area contributed by atoms with E-state index in [0.29, 0.717) is 0 Å². The molecule has 0 aliphatic heterocycles. The summed E-state index contributed by atoms with van der Waals surface area (Å²) in [6.45, 7) is 2.22. The van der Waals surface area contributed by atoms with Gasteiger partial charge in [-0.2, -0.15) is 0 Å². The van der Waals surface area contributed by atoms with Gasteiger partial charge in [-0.15, -0.1) is 11.8 Å². The highest BCUT2D eigenvalue weighted by molar-refractivity contribution is 7.98. The van der Waals surface area contributed by atoms with Crippen LogP contribution in [0.25, 0.3) is 0 Å². The van der Waals surface area contributed by atoms with Crippen molar-refractivity contribution in [3.05, 3.63) is 29.8 Å². The minimum Gasteiger partial charge on any atom is -0.130 e. The van der Waals surface area contributed by atoms with Gasteiger partial charge in [0.15, 0.2) is 0 Å². The zero-order valence-electron chi connectivity index (χ0n) is 9.55. The Balaban J connectivity index is 2.48. The van der Waals surface area contributed by atoms with E-state index >= 15 is 0 Å². The van der Waals surface area contributed by atoms with Crippen molar-refractivity contribution in [2.45, 2.75) is 37.5 Å². The molecule has 0 N–H and O–H groups in total. The summed E-state index contributed by atoms with van der Waals surface area (Å²) in [7, 11) is 0. The van der Waals surface area contributed by atoms with E-state index in [0.717, 1.165) is 12.0 Å². The van der Waals surface area contributed by atoms with Crippen LogP contribution in [0.3, 0.4) is 0 Å². The van der Waals surface area contributed by atoms with Crippen LogP contribution < -0.4 is 0 Å². The Hall–Kier alpha value is -0.870. The molecule has 0 aliphatic rings. The topological polar surface area (TPSA) is 0 Å². The van der Waals surface area contributed by atoms with E-state index in [1.54, 1.807) is 11.8 Å². The standard InChI is InChI=1S/C14H18S/c1-3-4-5-6-7-9-13-10-8-11-14(12-13)15-2/h8,10-12H,3-6H2,1-2H3. The molecule has 0 heterocycles. The fourth-order valence-electron chi connectivity index (χ4n) is 1.33. The first-order valence-corrected chi connectivity index (χ1v) is 6.72. The molecule has 0 nitrogen and oxygen atoms in total. The predicted molar refractivity (Wildman–Crippen MR) is 69.2 cm³/mol. The monoisotopic (exact) mass is 218 g/mol. The first kappa shape index (κ1) is 12.2. The molecule has 0 spiro atoms. The molecule has 1 aromatic carbocycles. The molecular formula is C14H18S. The van der Waals surface area contributed by atoms with Crippen LogP contribution in [0.5, 0.6) is 0 Å². The largest absolute Gasteiger partial charge is 0.130 e. The molecule has 15 heavy (non-hydrogen) atoms. The van der Waals surface area contributed by atoms with Gasteiger partial charge < -0.3 is 0 Å². The Morgan fingerprint density at radius 1 is 1.27 bits per heavy atom. The smallest absolute Gasteiger partial charge is 0.0256 e. The maximum absolute atomic E-state index is 3.23. The van der Waals surface area contributed by atoms with Gasteiger partial charge in [-0.25, -0.2) is 0 Å². The van der Waals surface area contributed by atoms with Crippen molar-refractivity contribution in [2.75, 3.05) is 6.26 Å². The molecule has 1 heteroatoms. The highest BCUT2D eigenvalue weighted by Crippen LogP contribution is 2.15. The van der Waals surface area contributed by atoms with E-state index < -0.39 is 0 Å². The first-order valence-electron chi connectivity index (χ1n) is 5.49. The number of thioether (sulfide) groups is 1. The zero-order valence-corrected chi connectivity index (χ0v) is 10.4. The van der Waals surface area contributed by atoms with Gasteiger partial charge in [-0.1, -0.05) is 37.7 Å². The van der Waals surface area contributed by atoms with Gasteiger partial charge in [0.25, 0.3) is 0 Å². The van der Waals surface area contributed by atoms with Gasteiger partial charge in [0.05, 0.1) is 0 Å². The summed E-state index contributed by atoms with van der Waals surface area (Å²) in [6, 6.07) is 8.42. The van der Waals surface area contributed by atoms with Crippen molar-refractivity contribution in [1.29, 1.82) is 0 Å². The van der Waals surface area contributed by atoms with Crippen LogP contribution in [0.2, 0.25) is 0 Å². The summed E-state index contributed by atoms with van der Waals surface area (Å²) < 4.78 is 0. The SMILES string of the molecule is CCCCCC#Cc1cccc(SC)c1. The number of benzene rings is 1. The minimum atomic E-state index is 1.03. The Kier molecular flexibility index (Phi) is 6.04. The fourth-order valence-corrected chi connectivity index (χ4v) is 1.79. The van der Waals surface area contributed by atoms with Crippen molar-refractivity contribution in [3.8, 4) is 11.8 Å². The van der Waals surface area contributed by atoms with E-state index in [1.807, 2.05) is 0 Å². The van der Waals surface area contributed by atoms with E-state index in [-0.39, 0.29) is 0 Å². The van der Waals surface area contributed by atoms with Gasteiger partial charge >= 0.3 is 0 Å². The molecule has 0 saturated carbocycles. The van der Waals surface area contributed by atoms with E-state index in [4.69, 9.17) is 0 Å². The van der Waals surface area contributed by atoms with Crippen molar-refractivity contribution in [3.63, 3.8) is 0 Å². The van der Waals surface area contributed by atoms with Gasteiger partial charge in [0.1, 0.15) is 0 Å². The van der Waals surface area contributed by atoms with Gasteiger partial charge in [0, 0.05) is 16.9 Å². The molecular weight excluding hydrogens is 200 g/mol. The number of hydrogen-bond acceptors (Lipinski definition) is 1. The lowest BCUT2D eigenvalue weighted by Crippen LogP contribution is -1.76. The van der Waals surface area contributed by atoms with E-state index in [2.05, 4.69) is 49.3 Å². The average molecular weight is 218 g/mol. The van der Waals surface area contributed by atoms with E-state index in [1.165, 1.54) is 24.2 Å².